The van der Waals surface area contributed by atoms with Crippen molar-refractivity contribution >= 4 is 0 Å². The van der Waals surface area contributed by atoms with Crippen LogP contribution in [0.2, 0.25) is 0 Å². The highest BCUT2D eigenvalue weighted by Crippen LogP contribution is 2.55. The largest absolute Gasteiger partial charge is 0.359 e. The average Bonchev–Trinajstić information content (AvgIpc) is 2.86. The van der Waals surface area contributed by atoms with E-state index in [0.29, 0.717) is 12.2 Å². The van der Waals surface area contributed by atoms with Crippen LogP contribution in [0.25, 0.3) is 0 Å². The lowest BCUT2D eigenvalue weighted by atomic mass is 9.98. The summed E-state index contributed by atoms with van der Waals surface area (Å²) in [5, 5.41) is 0. The molecule has 15 heavy (non-hydrogen) atoms. The van der Waals surface area contributed by atoms with Gasteiger partial charge >= 0.3 is 0 Å². The third-order valence-electron chi connectivity index (χ3n) is 3.66. The van der Waals surface area contributed by atoms with E-state index in [1.807, 2.05) is 0 Å². The molecular formula is C13H26O2. The van der Waals surface area contributed by atoms with Gasteiger partial charge in [0.25, 0.3) is 0 Å². The van der Waals surface area contributed by atoms with Gasteiger partial charge in [-0.05, 0) is 24.2 Å². The van der Waals surface area contributed by atoms with Crippen LogP contribution >= 0.6 is 0 Å². The Morgan fingerprint density at radius 2 is 2.07 bits per heavy atom. The molecule has 0 N–H and O–H groups in total. The van der Waals surface area contributed by atoms with E-state index in [9.17, 15) is 0 Å². The summed E-state index contributed by atoms with van der Waals surface area (Å²) in [5.74, 6) is 0.786. The van der Waals surface area contributed by atoms with E-state index >= 15 is 0 Å². The Bertz CT molecular complexity index is 170. The molecule has 0 bridgehead atoms. The molecule has 90 valence electrons. The number of hydrogen-bond acceptors (Lipinski definition) is 2. The lowest BCUT2D eigenvalue weighted by molar-refractivity contribution is -0.0374. The van der Waals surface area contributed by atoms with Gasteiger partial charge in [-0.3, -0.25) is 0 Å². The first-order valence-corrected chi connectivity index (χ1v) is 6.29. The molecule has 0 radical (unpaired) electrons. The van der Waals surface area contributed by atoms with Crippen molar-refractivity contribution in [3.8, 4) is 0 Å². The molecular weight excluding hydrogens is 188 g/mol. The summed E-state index contributed by atoms with van der Waals surface area (Å²) < 4.78 is 10.3. The predicted molar refractivity (Wildman–Crippen MR) is 62.8 cm³/mol. The second-order valence-corrected chi connectivity index (χ2v) is 5.14. The van der Waals surface area contributed by atoms with Crippen LogP contribution in [0.5, 0.6) is 0 Å². The highest BCUT2D eigenvalue weighted by molar-refractivity contribution is 4.98. The molecule has 0 aliphatic heterocycles. The van der Waals surface area contributed by atoms with Gasteiger partial charge in [-0.1, -0.05) is 39.5 Å². The molecule has 0 unspecified atom stereocenters. The molecule has 0 amide bonds. The molecule has 1 fully saturated rings. The minimum Gasteiger partial charge on any atom is -0.359 e. The van der Waals surface area contributed by atoms with Crippen molar-refractivity contribution in [3.63, 3.8) is 0 Å². The maximum atomic E-state index is 5.41. The van der Waals surface area contributed by atoms with Gasteiger partial charge in [0.2, 0.25) is 0 Å². The average molecular weight is 214 g/mol. The monoisotopic (exact) mass is 214 g/mol. The Morgan fingerprint density at radius 1 is 1.27 bits per heavy atom. The Morgan fingerprint density at radius 3 is 2.73 bits per heavy atom. The summed E-state index contributed by atoms with van der Waals surface area (Å²) in [6.07, 6.45) is 8.25. The Labute approximate surface area is 94.3 Å². The van der Waals surface area contributed by atoms with Gasteiger partial charge in [0.15, 0.2) is 0 Å². The molecule has 0 aromatic heterocycles. The van der Waals surface area contributed by atoms with Gasteiger partial charge in [0, 0.05) is 7.11 Å². The van der Waals surface area contributed by atoms with E-state index < -0.39 is 0 Å². The molecule has 0 aromatic carbocycles. The first kappa shape index (κ1) is 13.0. The normalized spacial score (nSPS) is 29.4. The van der Waals surface area contributed by atoms with Crippen LogP contribution in [0, 0.1) is 11.3 Å². The van der Waals surface area contributed by atoms with Crippen LogP contribution in [0.15, 0.2) is 0 Å². The minimum atomic E-state index is 0.447. The molecule has 2 nitrogen and oxygen atoms in total. The Kier molecular flexibility index (Phi) is 5.62. The van der Waals surface area contributed by atoms with Crippen LogP contribution < -0.4 is 0 Å². The zero-order valence-corrected chi connectivity index (χ0v) is 10.6. The van der Waals surface area contributed by atoms with Gasteiger partial charge in [0.1, 0.15) is 6.79 Å². The van der Waals surface area contributed by atoms with E-state index in [4.69, 9.17) is 9.47 Å². The Balaban J connectivity index is 2.00. The van der Waals surface area contributed by atoms with Gasteiger partial charge < -0.3 is 9.47 Å². The third-order valence-corrected chi connectivity index (χ3v) is 3.66. The number of rotatable bonds is 9. The van der Waals surface area contributed by atoms with Crippen LogP contribution in [0.1, 0.15) is 52.4 Å². The number of ether oxygens (including phenoxy) is 2. The van der Waals surface area contributed by atoms with Crippen molar-refractivity contribution in [1.82, 2.24) is 0 Å². The molecule has 1 aliphatic carbocycles. The summed E-state index contributed by atoms with van der Waals surface area (Å²) in [5.41, 5.74) is 0.585. The van der Waals surface area contributed by atoms with Crippen molar-refractivity contribution in [2.45, 2.75) is 52.4 Å². The highest BCUT2D eigenvalue weighted by Gasteiger charge is 2.48. The Hall–Kier alpha value is -0.0800. The first-order chi connectivity index (χ1) is 7.23. The van der Waals surface area contributed by atoms with Gasteiger partial charge in [-0.25, -0.2) is 0 Å². The van der Waals surface area contributed by atoms with Crippen molar-refractivity contribution < 1.29 is 9.47 Å². The molecule has 2 heteroatoms. The molecule has 0 aromatic rings. The van der Waals surface area contributed by atoms with Crippen LogP contribution in [0.3, 0.4) is 0 Å². The molecule has 2 atom stereocenters. The van der Waals surface area contributed by atoms with Crippen LogP contribution in [-0.2, 0) is 9.47 Å². The maximum Gasteiger partial charge on any atom is 0.146 e. The number of methoxy groups -OCH3 is 1. The molecule has 1 saturated carbocycles. The molecule has 1 aliphatic rings. The zero-order valence-electron chi connectivity index (χ0n) is 10.6. The first-order valence-electron chi connectivity index (χ1n) is 6.29. The number of hydrogen-bond donors (Lipinski definition) is 0. The second kappa shape index (κ2) is 6.49. The van der Waals surface area contributed by atoms with Gasteiger partial charge in [0.05, 0.1) is 6.61 Å². The lowest BCUT2D eigenvalue weighted by Crippen LogP contribution is -2.06. The zero-order chi connectivity index (χ0) is 11.1. The molecule has 1 rings (SSSR count). The summed E-state index contributed by atoms with van der Waals surface area (Å²) in [6, 6.07) is 0. The number of unbranched alkanes of at least 4 members (excludes halogenated alkanes) is 3. The predicted octanol–water partition coefficient (Wildman–Crippen LogP) is 3.60. The standard InChI is InChI=1S/C13H26O2/c1-4-5-6-7-8-13(2)9-12(13)10-15-11-14-3/h12H,4-11H2,1-3H3/t12-,13+/m0/s1. The fraction of sp³-hybridized carbons (Fsp3) is 1.00. The van der Waals surface area contributed by atoms with Crippen molar-refractivity contribution in [1.29, 1.82) is 0 Å². The quantitative estimate of drug-likeness (QED) is 0.431. The summed E-state index contributed by atoms with van der Waals surface area (Å²) in [4.78, 5) is 0. The molecule has 0 heterocycles. The van der Waals surface area contributed by atoms with Gasteiger partial charge in [-0.2, -0.15) is 0 Å². The topological polar surface area (TPSA) is 18.5 Å². The fourth-order valence-electron chi connectivity index (χ4n) is 2.30. The lowest BCUT2D eigenvalue weighted by Gasteiger charge is -2.11. The summed E-state index contributed by atoms with van der Waals surface area (Å²) in [7, 11) is 1.68. The van der Waals surface area contributed by atoms with Crippen molar-refractivity contribution in [3.05, 3.63) is 0 Å². The van der Waals surface area contributed by atoms with Crippen LogP contribution in [-0.4, -0.2) is 20.5 Å². The summed E-state index contributed by atoms with van der Waals surface area (Å²) >= 11 is 0. The van der Waals surface area contributed by atoms with Crippen molar-refractivity contribution in [2.24, 2.45) is 11.3 Å². The molecule has 0 spiro atoms. The van der Waals surface area contributed by atoms with E-state index in [1.165, 1.54) is 38.5 Å². The summed E-state index contributed by atoms with van der Waals surface area (Å²) in [6.45, 7) is 6.00. The van der Waals surface area contributed by atoms with E-state index in [-0.39, 0.29) is 0 Å². The van der Waals surface area contributed by atoms with E-state index in [2.05, 4.69) is 13.8 Å². The SMILES string of the molecule is CCCCCC[C@]1(C)C[C@H]1COCOC. The van der Waals surface area contributed by atoms with E-state index in [0.717, 1.165) is 12.5 Å². The second-order valence-electron chi connectivity index (χ2n) is 5.14. The van der Waals surface area contributed by atoms with E-state index in [1.54, 1.807) is 7.11 Å². The maximum absolute atomic E-state index is 5.41. The minimum absolute atomic E-state index is 0.447. The fourth-order valence-corrected chi connectivity index (χ4v) is 2.30. The van der Waals surface area contributed by atoms with Gasteiger partial charge in [-0.15, -0.1) is 0 Å². The molecule has 0 saturated heterocycles. The third kappa shape index (κ3) is 4.52. The highest BCUT2D eigenvalue weighted by atomic mass is 16.7. The van der Waals surface area contributed by atoms with Crippen molar-refractivity contribution in [2.75, 3.05) is 20.5 Å². The van der Waals surface area contributed by atoms with Crippen LogP contribution in [0.4, 0.5) is 0 Å². The smallest absolute Gasteiger partial charge is 0.146 e.